The van der Waals surface area contributed by atoms with E-state index in [-0.39, 0.29) is 11.9 Å². The number of aromatic nitrogens is 3. The highest BCUT2D eigenvalue weighted by Crippen LogP contribution is 2.22. The second-order valence-corrected chi connectivity index (χ2v) is 4.10. The number of cyclic esters (lactones) is 1. The number of rotatable bonds is 3. The number of hydrogen-bond acceptors (Lipinski definition) is 5. The van der Waals surface area contributed by atoms with E-state index in [0.717, 1.165) is 0 Å². The zero-order valence-electron chi connectivity index (χ0n) is 10.4. The highest BCUT2D eigenvalue weighted by atomic mass is 16.6. The zero-order valence-corrected chi connectivity index (χ0v) is 10.4. The van der Waals surface area contributed by atoms with E-state index in [9.17, 15) is 9.59 Å². The number of amides is 2. The van der Waals surface area contributed by atoms with Crippen LogP contribution in [0.15, 0.2) is 30.6 Å². The first-order chi connectivity index (χ1) is 9.74. The topological polar surface area (TPSA) is 100 Å². The van der Waals surface area contributed by atoms with Gasteiger partial charge in [-0.1, -0.05) is 6.07 Å². The Kier molecular flexibility index (Phi) is 3.04. The van der Waals surface area contributed by atoms with E-state index in [0.29, 0.717) is 24.5 Å². The number of carbonyl (C=O) groups excluding carboxylic acids is 2. The lowest BCUT2D eigenvalue weighted by molar-refractivity contribution is 0.101. The number of anilines is 2. The summed E-state index contributed by atoms with van der Waals surface area (Å²) in [4.78, 5) is 28.6. The number of nitrogens with zero attached hydrogens (tertiary/aromatic N) is 3. The van der Waals surface area contributed by atoms with Gasteiger partial charge in [-0.3, -0.25) is 14.8 Å². The third-order valence-electron chi connectivity index (χ3n) is 2.81. The average Bonchev–Trinajstić information content (AvgIpc) is 3.10. The molecule has 3 rings (SSSR count). The molecule has 2 heterocycles. The van der Waals surface area contributed by atoms with Crippen LogP contribution in [0.2, 0.25) is 0 Å². The van der Waals surface area contributed by atoms with Crippen LogP contribution in [0.25, 0.3) is 0 Å². The van der Waals surface area contributed by atoms with Gasteiger partial charge in [0.2, 0.25) is 5.82 Å². The van der Waals surface area contributed by atoms with Gasteiger partial charge in [0.05, 0.1) is 6.54 Å². The van der Waals surface area contributed by atoms with Crippen LogP contribution in [0.1, 0.15) is 10.6 Å². The van der Waals surface area contributed by atoms with Crippen molar-refractivity contribution in [1.29, 1.82) is 0 Å². The molecule has 1 fully saturated rings. The van der Waals surface area contributed by atoms with E-state index in [2.05, 4.69) is 20.5 Å². The number of carbonyl (C=O) groups is 2. The molecule has 2 amide bonds. The lowest BCUT2D eigenvalue weighted by atomic mass is 10.2. The molecule has 0 unspecified atom stereocenters. The average molecular weight is 273 g/mol. The summed E-state index contributed by atoms with van der Waals surface area (Å²) in [6.45, 7) is 0.867. The highest BCUT2D eigenvalue weighted by molar-refractivity contribution is 6.02. The van der Waals surface area contributed by atoms with Crippen molar-refractivity contribution in [3.8, 4) is 0 Å². The minimum absolute atomic E-state index is 0.121. The first kappa shape index (κ1) is 12.2. The van der Waals surface area contributed by atoms with E-state index in [1.54, 1.807) is 24.3 Å². The highest BCUT2D eigenvalue weighted by Gasteiger charge is 2.23. The monoisotopic (exact) mass is 273 g/mol. The van der Waals surface area contributed by atoms with Crippen molar-refractivity contribution < 1.29 is 14.3 Å². The van der Waals surface area contributed by atoms with Crippen LogP contribution in [0, 0.1) is 0 Å². The molecule has 1 aromatic heterocycles. The van der Waals surface area contributed by atoms with E-state index >= 15 is 0 Å². The smallest absolute Gasteiger partial charge is 0.414 e. The maximum absolute atomic E-state index is 11.8. The van der Waals surface area contributed by atoms with Crippen molar-refractivity contribution in [1.82, 2.24) is 15.2 Å². The fourth-order valence-electron chi connectivity index (χ4n) is 1.88. The van der Waals surface area contributed by atoms with Crippen LogP contribution in [0.5, 0.6) is 0 Å². The van der Waals surface area contributed by atoms with Crippen molar-refractivity contribution >= 4 is 23.4 Å². The Morgan fingerprint density at radius 3 is 3.05 bits per heavy atom. The second kappa shape index (κ2) is 5.00. The number of aromatic amines is 1. The van der Waals surface area contributed by atoms with Gasteiger partial charge >= 0.3 is 6.09 Å². The van der Waals surface area contributed by atoms with Gasteiger partial charge in [0.1, 0.15) is 12.9 Å². The standard InChI is InChI=1S/C12H11N5O3/c18-11(10-13-7-14-16-10)15-8-2-1-3-9(6-8)17-4-5-20-12(17)19/h1-3,6-7H,4-5H2,(H,15,18)(H,13,14,16). The molecule has 1 aliphatic heterocycles. The van der Waals surface area contributed by atoms with Crippen molar-refractivity contribution in [2.45, 2.75) is 0 Å². The van der Waals surface area contributed by atoms with Gasteiger partial charge in [0, 0.05) is 11.4 Å². The molecule has 20 heavy (non-hydrogen) atoms. The molecule has 0 spiro atoms. The minimum atomic E-state index is -0.399. The predicted octanol–water partition coefficient (Wildman–Crippen LogP) is 1.01. The Morgan fingerprint density at radius 2 is 2.35 bits per heavy atom. The van der Waals surface area contributed by atoms with Crippen LogP contribution >= 0.6 is 0 Å². The maximum Gasteiger partial charge on any atom is 0.414 e. The number of benzene rings is 1. The van der Waals surface area contributed by atoms with Gasteiger partial charge in [0.15, 0.2) is 0 Å². The van der Waals surface area contributed by atoms with E-state index in [4.69, 9.17) is 4.74 Å². The van der Waals surface area contributed by atoms with Crippen LogP contribution in [-0.4, -0.2) is 40.3 Å². The molecule has 0 aliphatic carbocycles. The number of H-pyrrole nitrogens is 1. The van der Waals surface area contributed by atoms with Crippen LogP contribution in [0.3, 0.4) is 0 Å². The van der Waals surface area contributed by atoms with E-state index < -0.39 is 5.91 Å². The molecule has 0 atom stereocenters. The van der Waals surface area contributed by atoms with Crippen molar-refractivity contribution in [3.63, 3.8) is 0 Å². The van der Waals surface area contributed by atoms with Gasteiger partial charge in [0.25, 0.3) is 5.91 Å². The summed E-state index contributed by atoms with van der Waals surface area (Å²) in [6.07, 6.45) is 0.870. The molecule has 102 valence electrons. The third kappa shape index (κ3) is 2.30. The fraction of sp³-hybridized carbons (Fsp3) is 0.167. The fourth-order valence-corrected chi connectivity index (χ4v) is 1.88. The molecule has 1 saturated heterocycles. The van der Waals surface area contributed by atoms with Gasteiger partial charge in [-0.2, -0.15) is 5.10 Å². The Labute approximate surface area is 113 Å². The predicted molar refractivity (Wildman–Crippen MR) is 69.5 cm³/mol. The molecule has 2 aromatic rings. The van der Waals surface area contributed by atoms with Gasteiger partial charge in [-0.25, -0.2) is 9.78 Å². The summed E-state index contributed by atoms with van der Waals surface area (Å²) in [6, 6.07) is 6.94. The number of ether oxygens (including phenoxy) is 1. The molecule has 0 saturated carbocycles. The molecule has 8 heteroatoms. The summed E-state index contributed by atoms with van der Waals surface area (Å²) in [5.41, 5.74) is 1.23. The largest absolute Gasteiger partial charge is 0.447 e. The van der Waals surface area contributed by atoms with Crippen LogP contribution in [0.4, 0.5) is 16.2 Å². The van der Waals surface area contributed by atoms with Crippen LogP contribution in [-0.2, 0) is 4.74 Å². The lowest BCUT2D eigenvalue weighted by Gasteiger charge is -2.13. The lowest BCUT2D eigenvalue weighted by Crippen LogP contribution is -2.23. The molecule has 1 aromatic carbocycles. The molecule has 2 N–H and O–H groups in total. The van der Waals surface area contributed by atoms with Crippen molar-refractivity contribution in [2.75, 3.05) is 23.4 Å². The first-order valence-corrected chi connectivity index (χ1v) is 5.95. The molecule has 0 bridgehead atoms. The molecular formula is C12H11N5O3. The summed E-state index contributed by atoms with van der Waals surface area (Å²) in [7, 11) is 0. The first-order valence-electron chi connectivity index (χ1n) is 5.95. The Balaban J connectivity index is 1.78. The Hall–Kier alpha value is -2.90. The molecule has 8 nitrogen and oxygen atoms in total. The molecule has 0 radical (unpaired) electrons. The molecular weight excluding hydrogens is 262 g/mol. The summed E-state index contributed by atoms with van der Waals surface area (Å²) in [5, 5.41) is 8.76. The summed E-state index contributed by atoms with van der Waals surface area (Å²) >= 11 is 0. The second-order valence-electron chi connectivity index (χ2n) is 4.10. The van der Waals surface area contributed by atoms with E-state index in [1.165, 1.54) is 11.2 Å². The van der Waals surface area contributed by atoms with E-state index in [1.807, 2.05) is 0 Å². The van der Waals surface area contributed by atoms with Crippen molar-refractivity contribution in [2.24, 2.45) is 0 Å². The van der Waals surface area contributed by atoms with Gasteiger partial charge in [-0.15, -0.1) is 0 Å². The normalized spacial score (nSPS) is 14.2. The Morgan fingerprint density at radius 1 is 1.45 bits per heavy atom. The van der Waals surface area contributed by atoms with Crippen LogP contribution < -0.4 is 10.2 Å². The molecule has 1 aliphatic rings. The SMILES string of the molecule is O=C(Nc1cccc(N2CCOC2=O)c1)c1ncn[nH]1. The zero-order chi connectivity index (χ0) is 13.9. The summed E-state index contributed by atoms with van der Waals surface area (Å²) < 4.78 is 4.88. The maximum atomic E-state index is 11.8. The Bertz CT molecular complexity index is 640. The third-order valence-corrected chi connectivity index (χ3v) is 2.81. The van der Waals surface area contributed by atoms with Gasteiger partial charge in [-0.05, 0) is 18.2 Å². The number of hydrogen-bond donors (Lipinski definition) is 2. The minimum Gasteiger partial charge on any atom is -0.447 e. The quantitative estimate of drug-likeness (QED) is 0.869. The number of nitrogens with one attached hydrogen (secondary N) is 2. The summed E-state index contributed by atoms with van der Waals surface area (Å²) in [5.74, 6) is -0.278. The van der Waals surface area contributed by atoms with Gasteiger partial charge < -0.3 is 10.1 Å². The van der Waals surface area contributed by atoms with Crippen molar-refractivity contribution in [3.05, 3.63) is 36.4 Å².